The van der Waals surface area contributed by atoms with Gasteiger partial charge in [-0.3, -0.25) is 4.98 Å². The van der Waals surface area contributed by atoms with Crippen molar-refractivity contribution in [1.29, 1.82) is 0 Å². The smallest absolute Gasteiger partial charge is 0.0666 e. The Bertz CT molecular complexity index is 368. The zero-order chi connectivity index (χ0) is 13.0. The highest BCUT2D eigenvalue weighted by Crippen LogP contribution is 2.28. The predicted molar refractivity (Wildman–Crippen MR) is 73.5 cm³/mol. The second-order valence-corrected chi connectivity index (χ2v) is 5.51. The van der Waals surface area contributed by atoms with Gasteiger partial charge in [0, 0.05) is 31.1 Å². The molecule has 0 aliphatic carbocycles. The molecule has 100 valence electrons. The molecule has 18 heavy (non-hydrogen) atoms. The summed E-state index contributed by atoms with van der Waals surface area (Å²) < 4.78 is 5.88. The van der Waals surface area contributed by atoms with Crippen molar-refractivity contribution in [2.45, 2.75) is 57.7 Å². The SMILES string of the molecule is CCC1(C)CC(N[C@H](C)c2ccncc2)CCO1. The highest BCUT2D eigenvalue weighted by Gasteiger charge is 2.32. The first-order chi connectivity index (χ1) is 8.63. The molecule has 1 saturated heterocycles. The Kier molecular flexibility index (Phi) is 4.36. The third-order valence-corrected chi connectivity index (χ3v) is 4.03. The van der Waals surface area contributed by atoms with Crippen LogP contribution in [0.15, 0.2) is 24.5 Å². The van der Waals surface area contributed by atoms with Crippen molar-refractivity contribution < 1.29 is 4.74 Å². The summed E-state index contributed by atoms with van der Waals surface area (Å²) in [5, 5.41) is 3.72. The lowest BCUT2D eigenvalue weighted by molar-refractivity contribution is -0.0789. The molecule has 0 radical (unpaired) electrons. The predicted octanol–water partition coefficient (Wildman–Crippen LogP) is 3.08. The van der Waals surface area contributed by atoms with Crippen molar-refractivity contribution in [1.82, 2.24) is 10.3 Å². The maximum Gasteiger partial charge on any atom is 0.0666 e. The zero-order valence-electron chi connectivity index (χ0n) is 11.6. The molecule has 1 fully saturated rings. The van der Waals surface area contributed by atoms with Crippen molar-refractivity contribution in [3.8, 4) is 0 Å². The maximum absolute atomic E-state index is 5.88. The summed E-state index contributed by atoms with van der Waals surface area (Å²) in [6.07, 6.45) is 6.99. The van der Waals surface area contributed by atoms with E-state index in [1.165, 1.54) is 5.56 Å². The van der Waals surface area contributed by atoms with E-state index in [0.717, 1.165) is 25.9 Å². The molecule has 1 aromatic heterocycles. The normalized spacial score (nSPS) is 30.1. The minimum Gasteiger partial charge on any atom is -0.375 e. The van der Waals surface area contributed by atoms with Crippen LogP contribution < -0.4 is 5.32 Å². The van der Waals surface area contributed by atoms with Crippen LogP contribution in [-0.2, 0) is 4.74 Å². The number of hydrogen-bond donors (Lipinski definition) is 1. The van der Waals surface area contributed by atoms with E-state index < -0.39 is 0 Å². The van der Waals surface area contributed by atoms with Crippen LogP contribution in [0.2, 0.25) is 0 Å². The molecular weight excluding hydrogens is 224 g/mol. The van der Waals surface area contributed by atoms with E-state index in [4.69, 9.17) is 4.74 Å². The van der Waals surface area contributed by atoms with Gasteiger partial charge < -0.3 is 10.1 Å². The van der Waals surface area contributed by atoms with Gasteiger partial charge in [-0.15, -0.1) is 0 Å². The minimum atomic E-state index is 0.0495. The van der Waals surface area contributed by atoms with Gasteiger partial charge in [-0.2, -0.15) is 0 Å². The summed E-state index contributed by atoms with van der Waals surface area (Å²) >= 11 is 0. The fourth-order valence-electron chi connectivity index (χ4n) is 2.62. The summed E-state index contributed by atoms with van der Waals surface area (Å²) in [4.78, 5) is 4.06. The van der Waals surface area contributed by atoms with Gasteiger partial charge in [0.05, 0.1) is 5.60 Å². The number of aromatic nitrogens is 1. The Morgan fingerprint density at radius 1 is 1.50 bits per heavy atom. The summed E-state index contributed by atoms with van der Waals surface area (Å²) in [5.41, 5.74) is 1.35. The van der Waals surface area contributed by atoms with Crippen LogP contribution in [0.3, 0.4) is 0 Å². The molecule has 3 heteroatoms. The molecule has 0 aromatic carbocycles. The molecule has 0 saturated carbocycles. The van der Waals surface area contributed by atoms with E-state index in [2.05, 4.69) is 43.2 Å². The first-order valence-corrected chi connectivity index (χ1v) is 6.93. The fourth-order valence-corrected chi connectivity index (χ4v) is 2.62. The van der Waals surface area contributed by atoms with Gasteiger partial charge in [0.2, 0.25) is 0 Å². The number of nitrogens with zero attached hydrogens (tertiary/aromatic N) is 1. The van der Waals surface area contributed by atoms with E-state index in [1.54, 1.807) is 0 Å². The molecule has 0 spiro atoms. The van der Waals surface area contributed by atoms with Crippen LogP contribution in [0.4, 0.5) is 0 Å². The summed E-state index contributed by atoms with van der Waals surface area (Å²) in [6.45, 7) is 7.51. The molecule has 3 atom stereocenters. The molecular formula is C15H24N2O. The Morgan fingerprint density at radius 2 is 2.22 bits per heavy atom. The number of ether oxygens (including phenoxy) is 1. The van der Waals surface area contributed by atoms with Crippen LogP contribution in [0.5, 0.6) is 0 Å². The first-order valence-electron chi connectivity index (χ1n) is 6.93. The Hall–Kier alpha value is -0.930. The highest BCUT2D eigenvalue weighted by molar-refractivity contribution is 5.14. The summed E-state index contributed by atoms with van der Waals surface area (Å²) in [7, 11) is 0. The molecule has 1 N–H and O–H groups in total. The van der Waals surface area contributed by atoms with Gasteiger partial charge in [-0.25, -0.2) is 0 Å². The lowest BCUT2D eigenvalue weighted by atomic mass is 9.89. The van der Waals surface area contributed by atoms with E-state index in [-0.39, 0.29) is 5.60 Å². The van der Waals surface area contributed by atoms with Crippen molar-refractivity contribution in [3.05, 3.63) is 30.1 Å². The van der Waals surface area contributed by atoms with Crippen LogP contribution >= 0.6 is 0 Å². The van der Waals surface area contributed by atoms with Crippen molar-refractivity contribution in [2.75, 3.05) is 6.61 Å². The molecule has 0 amide bonds. The second kappa shape index (κ2) is 5.81. The van der Waals surface area contributed by atoms with Crippen molar-refractivity contribution >= 4 is 0 Å². The van der Waals surface area contributed by atoms with Crippen LogP contribution in [0.1, 0.15) is 51.6 Å². The van der Waals surface area contributed by atoms with Gasteiger partial charge in [-0.1, -0.05) is 6.92 Å². The van der Waals surface area contributed by atoms with Crippen LogP contribution in [0, 0.1) is 0 Å². The quantitative estimate of drug-likeness (QED) is 0.889. The molecule has 2 rings (SSSR count). The van der Waals surface area contributed by atoms with E-state index in [1.807, 2.05) is 12.4 Å². The lowest BCUT2D eigenvalue weighted by Crippen LogP contribution is -2.45. The molecule has 1 aliphatic rings. The van der Waals surface area contributed by atoms with E-state index >= 15 is 0 Å². The lowest BCUT2D eigenvalue weighted by Gasteiger charge is -2.39. The van der Waals surface area contributed by atoms with E-state index in [0.29, 0.717) is 12.1 Å². The molecule has 1 aromatic rings. The maximum atomic E-state index is 5.88. The standard InChI is InChI=1S/C15H24N2O/c1-4-15(3)11-14(7-10-18-15)17-12(2)13-5-8-16-9-6-13/h5-6,8-9,12,14,17H,4,7,10-11H2,1-3H3/t12-,14?,15?/m1/s1. The topological polar surface area (TPSA) is 34.2 Å². The Balaban J connectivity index is 1.93. The Morgan fingerprint density at radius 3 is 2.89 bits per heavy atom. The average Bonchev–Trinajstić information content (AvgIpc) is 2.40. The number of hydrogen-bond acceptors (Lipinski definition) is 3. The monoisotopic (exact) mass is 248 g/mol. The fraction of sp³-hybridized carbons (Fsp3) is 0.667. The van der Waals surface area contributed by atoms with Crippen LogP contribution in [-0.4, -0.2) is 23.2 Å². The summed E-state index contributed by atoms with van der Waals surface area (Å²) in [6, 6.07) is 5.08. The van der Waals surface area contributed by atoms with Crippen molar-refractivity contribution in [2.24, 2.45) is 0 Å². The third kappa shape index (κ3) is 3.30. The van der Waals surface area contributed by atoms with Gasteiger partial charge in [0.25, 0.3) is 0 Å². The number of rotatable bonds is 4. The van der Waals surface area contributed by atoms with Gasteiger partial charge in [0.15, 0.2) is 0 Å². The third-order valence-electron chi connectivity index (χ3n) is 4.03. The second-order valence-electron chi connectivity index (χ2n) is 5.51. The molecule has 3 nitrogen and oxygen atoms in total. The summed E-state index contributed by atoms with van der Waals surface area (Å²) in [5.74, 6) is 0. The highest BCUT2D eigenvalue weighted by atomic mass is 16.5. The van der Waals surface area contributed by atoms with E-state index in [9.17, 15) is 0 Å². The van der Waals surface area contributed by atoms with Gasteiger partial charge in [-0.05, 0) is 50.8 Å². The zero-order valence-corrected chi connectivity index (χ0v) is 11.6. The van der Waals surface area contributed by atoms with Crippen molar-refractivity contribution in [3.63, 3.8) is 0 Å². The number of pyridine rings is 1. The number of nitrogens with one attached hydrogen (secondary N) is 1. The Labute approximate surface area is 110 Å². The average molecular weight is 248 g/mol. The molecule has 2 unspecified atom stereocenters. The molecule has 2 heterocycles. The van der Waals surface area contributed by atoms with Gasteiger partial charge in [0.1, 0.15) is 0 Å². The molecule has 0 bridgehead atoms. The first kappa shape index (κ1) is 13.5. The molecule has 1 aliphatic heterocycles. The van der Waals surface area contributed by atoms with Gasteiger partial charge >= 0.3 is 0 Å². The minimum absolute atomic E-state index is 0.0495. The van der Waals surface area contributed by atoms with Crippen LogP contribution in [0.25, 0.3) is 0 Å². The largest absolute Gasteiger partial charge is 0.375 e.